The molecular formula is C24H20N2O4. The maximum absolute atomic E-state index is 12.6. The first kappa shape index (κ1) is 19.4. The Labute approximate surface area is 173 Å². The molecule has 0 N–H and O–H groups in total. The maximum Gasteiger partial charge on any atom is 0.342 e. The van der Waals surface area contributed by atoms with E-state index in [0.29, 0.717) is 29.3 Å². The quantitative estimate of drug-likeness (QED) is 0.459. The maximum atomic E-state index is 12.6. The Morgan fingerprint density at radius 3 is 2.53 bits per heavy atom. The van der Waals surface area contributed by atoms with Gasteiger partial charge in [0, 0.05) is 11.8 Å². The molecule has 0 amide bonds. The summed E-state index contributed by atoms with van der Waals surface area (Å²) in [5.74, 6) is -0.0987. The van der Waals surface area contributed by atoms with E-state index in [0.717, 1.165) is 11.3 Å². The van der Waals surface area contributed by atoms with Crippen LogP contribution in [0.5, 0.6) is 5.75 Å². The summed E-state index contributed by atoms with van der Waals surface area (Å²) in [5, 5.41) is 0. The molecule has 0 unspecified atom stereocenters. The Morgan fingerprint density at radius 1 is 0.933 bits per heavy atom. The van der Waals surface area contributed by atoms with Gasteiger partial charge in [-0.3, -0.25) is 9.20 Å². The predicted octanol–water partition coefficient (Wildman–Crippen LogP) is 3.94. The largest absolute Gasteiger partial charge is 0.488 e. The van der Waals surface area contributed by atoms with Crippen molar-refractivity contribution in [3.05, 3.63) is 112 Å². The number of carbonyl (C=O) groups is 1. The van der Waals surface area contributed by atoms with Crippen LogP contribution in [0.2, 0.25) is 0 Å². The van der Waals surface area contributed by atoms with Gasteiger partial charge in [-0.05, 0) is 36.8 Å². The predicted molar refractivity (Wildman–Crippen MR) is 113 cm³/mol. The fraction of sp³-hybridized carbons (Fsp3) is 0.125. The van der Waals surface area contributed by atoms with Gasteiger partial charge in [0.25, 0.3) is 5.56 Å². The van der Waals surface area contributed by atoms with Crippen molar-refractivity contribution in [3.8, 4) is 5.75 Å². The van der Waals surface area contributed by atoms with E-state index in [9.17, 15) is 9.59 Å². The summed E-state index contributed by atoms with van der Waals surface area (Å²) in [6, 6.07) is 23.4. The molecule has 150 valence electrons. The van der Waals surface area contributed by atoms with Gasteiger partial charge in [-0.25, -0.2) is 9.78 Å². The Bertz CT molecular complexity index is 1250. The first-order valence-electron chi connectivity index (χ1n) is 9.53. The lowest BCUT2D eigenvalue weighted by Gasteiger charge is -2.11. The highest BCUT2D eigenvalue weighted by Gasteiger charge is 2.15. The van der Waals surface area contributed by atoms with Crippen molar-refractivity contribution in [1.29, 1.82) is 0 Å². The summed E-state index contributed by atoms with van der Waals surface area (Å²) in [7, 11) is 0. The highest BCUT2D eigenvalue weighted by molar-refractivity contribution is 5.92. The zero-order valence-electron chi connectivity index (χ0n) is 16.4. The highest BCUT2D eigenvalue weighted by atomic mass is 16.5. The van der Waals surface area contributed by atoms with Crippen LogP contribution in [0.25, 0.3) is 5.65 Å². The molecule has 4 aromatic rings. The van der Waals surface area contributed by atoms with Crippen LogP contribution in [0, 0.1) is 6.92 Å². The molecule has 0 saturated heterocycles. The van der Waals surface area contributed by atoms with Crippen LogP contribution >= 0.6 is 0 Å². The molecule has 6 heteroatoms. The van der Waals surface area contributed by atoms with E-state index in [1.54, 1.807) is 30.3 Å². The van der Waals surface area contributed by atoms with E-state index in [4.69, 9.17) is 9.47 Å². The number of hydrogen-bond acceptors (Lipinski definition) is 5. The van der Waals surface area contributed by atoms with Gasteiger partial charge in [0.05, 0.1) is 5.69 Å². The number of benzene rings is 2. The first-order chi connectivity index (χ1) is 14.6. The lowest BCUT2D eigenvalue weighted by Crippen LogP contribution is -2.18. The monoisotopic (exact) mass is 400 g/mol. The first-order valence-corrected chi connectivity index (χ1v) is 9.53. The zero-order chi connectivity index (χ0) is 20.9. The van der Waals surface area contributed by atoms with E-state index in [2.05, 4.69) is 4.98 Å². The summed E-state index contributed by atoms with van der Waals surface area (Å²) in [6.07, 6.45) is 0. The number of esters is 1. The van der Waals surface area contributed by atoms with Gasteiger partial charge in [-0.2, -0.15) is 0 Å². The minimum absolute atomic E-state index is 0.106. The Kier molecular flexibility index (Phi) is 5.57. The van der Waals surface area contributed by atoms with Crippen molar-refractivity contribution < 1.29 is 14.3 Å². The van der Waals surface area contributed by atoms with Crippen molar-refractivity contribution >= 4 is 11.6 Å². The molecule has 2 aromatic carbocycles. The van der Waals surface area contributed by atoms with Gasteiger partial charge in [0.15, 0.2) is 0 Å². The van der Waals surface area contributed by atoms with Crippen molar-refractivity contribution in [2.45, 2.75) is 20.1 Å². The number of para-hydroxylation sites is 1. The number of carbonyl (C=O) groups excluding carboxylic acids is 1. The van der Waals surface area contributed by atoms with E-state index in [1.807, 2.05) is 49.4 Å². The molecule has 0 aliphatic carbocycles. The van der Waals surface area contributed by atoms with E-state index >= 15 is 0 Å². The van der Waals surface area contributed by atoms with Gasteiger partial charge in [0.2, 0.25) is 0 Å². The summed E-state index contributed by atoms with van der Waals surface area (Å²) >= 11 is 0. The number of ether oxygens (including phenoxy) is 2. The van der Waals surface area contributed by atoms with Crippen LogP contribution in [-0.2, 0) is 18.0 Å². The van der Waals surface area contributed by atoms with Gasteiger partial charge in [0.1, 0.15) is 30.2 Å². The second-order valence-corrected chi connectivity index (χ2v) is 6.79. The van der Waals surface area contributed by atoms with Crippen LogP contribution in [0.1, 0.15) is 27.3 Å². The van der Waals surface area contributed by atoms with E-state index < -0.39 is 5.97 Å². The van der Waals surface area contributed by atoms with Gasteiger partial charge < -0.3 is 9.47 Å². The molecule has 0 aliphatic heterocycles. The zero-order valence-corrected chi connectivity index (χ0v) is 16.4. The summed E-state index contributed by atoms with van der Waals surface area (Å²) in [5.41, 5.74) is 2.80. The van der Waals surface area contributed by atoms with Gasteiger partial charge in [-0.15, -0.1) is 0 Å². The average molecular weight is 400 g/mol. The fourth-order valence-electron chi connectivity index (χ4n) is 3.15. The lowest BCUT2D eigenvalue weighted by molar-refractivity contribution is 0.0462. The third-order valence-electron chi connectivity index (χ3n) is 4.63. The molecule has 6 nitrogen and oxygen atoms in total. The van der Waals surface area contributed by atoms with Crippen molar-refractivity contribution in [1.82, 2.24) is 9.38 Å². The molecule has 0 saturated carbocycles. The third-order valence-corrected chi connectivity index (χ3v) is 4.63. The second-order valence-electron chi connectivity index (χ2n) is 6.79. The van der Waals surface area contributed by atoms with E-state index in [1.165, 1.54) is 10.5 Å². The minimum atomic E-state index is -0.537. The van der Waals surface area contributed by atoms with Crippen LogP contribution in [0.4, 0.5) is 0 Å². The lowest BCUT2D eigenvalue weighted by atomic mass is 10.2. The summed E-state index contributed by atoms with van der Waals surface area (Å²) < 4.78 is 12.7. The second kappa shape index (κ2) is 8.61. The smallest absolute Gasteiger partial charge is 0.342 e. The molecule has 2 heterocycles. The van der Waals surface area contributed by atoms with Crippen molar-refractivity contribution in [2.75, 3.05) is 0 Å². The molecule has 0 spiro atoms. The SMILES string of the molecule is Cc1cccc2nc(COC(=O)c3ccccc3OCc3ccccc3)cc(=O)n12. The van der Waals surface area contributed by atoms with Crippen molar-refractivity contribution in [3.63, 3.8) is 0 Å². The number of pyridine rings is 1. The molecule has 0 atom stereocenters. The topological polar surface area (TPSA) is 69.9 Å². The Balaban J connectivity index is 1.48. The standard InChI is InChI=1S/C24H20N2O4/c1-17-8-7-13-22-25-19(14-23(27)26(17)22)16-30-24(28)20-11-5-6-12-21(20)29-15-18-9-3-2-4-10-18/h2-14H,15-16H2,1H3. The fourth-order valence-corrected chi connectivity index (χ4v) is 3.15. The van der Waals surface area contributed by atoms with Crippen LogP contribution in [-0.4, -0.2) is 15.4 Å². The highest BCUT2D eigenvalue weighted by Crippen LogP contribution is 2.21. The van der Waals surface area contributed by atoms with Crippen LogP contribution in [0.15, 0.2) is 83.7 Å². The molecule has 4 rings (SSSR count). The minimum Gasteiger partial charge on any atom is -0.488 e. The van der Waals surface area contributed by atoms with Crippen LogP contribution in [0.3, 0.4) is 0 Å². The number of fused-ring (bicyclic) bond motifs is 1. The van der Waals surface area contributed by atoms with Crippen LogP contribution < -0.4 is 10.3 Å². The summed E-state index contributed by atoms with van der Waals surface area (Å²) in [6.45, 7) is 2.07. The van der Waals surface area contributed by atoms with E-state index in [-0.39, 0.29) is 12.2 Å². The van der Waals surface area contributed by atoms with Crippen molar-refractivity contribution in [2.24, 2.45) is 0 Å². The average Bonchev–Trinajstić information content (AvgIpc) is 2.77. The number of aromatic nitrogens is 2. The number of rotatable bonds is 6. The molecule has 0 aliphatic rings. The Morgan fingerprint density at radius 2 is 1.70 bits per heavy atom. The van der Waals surface area contributed by atoms with Gasteiger partial charge >= 0.3 is 5.97 Å². The number of aryl methyl sites for hydroxylation is 1. The number of hydrogen-bond donors (Lipinski definition) is 0. The molecule has 2 aromatic heterocycles. The molecular weight excluding hydrogens is 380 g/mol. The molecule has 0 fully saturated rings. The van der Waals surface area contributed by atoms with Gasteiger partial charge in [-0.1, -0.05) is 48.5 Å². The molecule has 30 heavy (non-hydrogen) atoms. The third kappa shape index (κ3) is 4.22. The number of nitrogens with zero attached hydrogens (tertiary/aromatic N) is 2. The molecule has 0 radical (unpaired) electrons. The normalized spacial score (nSPS) is 10.7. The summed E-state index contributed by atoms with van der Waals surface area (Å²) in [4.78, 5) is 29.4. The Hall–Kier alpha value is -3.93. The molecule has 0 bridgehead atoms.